The molecule has 7 nitrogen and oxygen atoms in total. The third kappa shape index (κ3) is 5.32. The number of methoxy groups -OCH3 is 1. The molecule has 27 heavy (non-hydrogen) atoms. The minimum Gasteiger partial charge on any atom is -0.381 e. The molecule has 7 heteroatoms. The van der Waals surface area contributed by atoms with Gasteiger partial charge in [-0.25, -0.2) is 4.98 Å². The van der Waals surface area contributed by atoms with Gasteiger partial charge in [-0.3, -0.25) is 4.99 Å². The van der Waals surface area contributed by atoms with Gasteiger partial charge < -0.3 is 25.0 Å². The molecule has 2 aliphatic heterocycles. The first-order valence-electron chi connectivity index (χ1n) is 9.92. The molecule has 0 atom stereocenters. The van der Waals surface area contributed by atoms with Crippen molar-refractivity contribution in [1.29, 1.82) is 0 Å². The molecule has 0 bridgehead atoms. The standard InChI is InChI=1S/C20H33N5O2/c1-16-4-5-18(22-14-16)25-10-6-17(7-11-25)24-19(21-2)23-15-20(26-3)8-12-27-13-9-20/h4-5,14,17H,6-13,15H2,1-3H3,(H2,21,23,24). The fourth-order valence-corrected chi connectivity index (χ4v) is 3.73. The highest BCUT2D eigenvalue weighted by molar-refractivity contribution is 5.80. The number of guanidine groups is 1. The first-order chi connectivity index (χ1) is 13.1. The van der Waals surface area contributed by atoms with Crippen molar-refractivity contribution < 1.29 is 9.47 Å². The molecule has 1 aromatic rings. The van der Waals surface area contributed by atoms with Gasteiger partial charge >= 0.3 is 0 Å². The topological polar surface area (TPSA) is 71.0 Å². The average molecular weight is 376 g/mol. The van der Waals surface area contributed by atoms with Crippen molar-refractivity contribution in [3.05, 3.63) is 23.9 Å². The van der Waals surface area contributed by atoms with Crippen molar-refractivity contribution in [3.63, 3.8) is 0 Å². The first kappa shape index (κ1) is 19.9. The minimum absolute atomic E-state index is 0.156. The van der Waals surface area contributed by atoms with Crippen LogP contribution in [0.25, 0.3) is 0 Å². The SMILES string of the molecule is CN=C(NCC1(OC)CCOCC1)NC1CCN(c2ccc(C)cn2)CC1. The lowest BCUT2D eigenvalue weighted by Crippen LogP contribution is -2.53. The number of aryl methyl sites for hydroxylation is 1. The van der Waals surface area contributed by atoms with E-state index in [2.05, 4.69) is 44.6 Å². The van der Waals surface area contributed by atoms with E-state index in [4.69, 9.17) is 9.47 Å². The molecule has 0 unspecified atom stereocenters. The van der Waals surface area contributed by atoms with E-state index >= 15 is 0 Å². The van der Waals surface area contributed by atoms with Gasteiger partial charge in [-0.2, -0.15) is 0 Å². The van der Waals surface area contributed by atoms with Gasteiger partial charge in [-0.15, -0.1) is 0 Å². The maximum absolute atomic E-state index is 5.80. The molecule has 0 radical (unpaired) electrons. The summed E-state index contributed by atoms with van der Waals surface area (Å²) in [6, 6.07) is 4.66. The van der Waals surface area contributed by atoms with Crippen LogP contribution in [-0.4, -0.2) is 69.6 Å². The van der Waals surface area contributed by atoms with Crippen LogP contribution in [0.5, 0.6) is 0 Å². The smallest absolute Gasteiger partial charge is 0.191 e. The second-order valence-electron chi connectivity index (χ2n) is 7.52. The van der Waals surface area contributed by atoms with Gasteiger partial charge in [-0.1, -0.05) is 6.07 Å². The lowest BCUT2D eigenvalue weighted by atomic mass is 9.94. The van der Waals surface area contributed by atoms with Gasteiger partial charge in [-0.05, 0) is 31.4 Å². The molecule has 150 valence electrons. The number of nitrogens with zero attached hydrogens (tertiary/aromatic N) is 3. The molecule has 1 aromatic heterocycles. The van der Waals surface area contributed by atoms with E-state index in [0.717, 1.165) is 70.3 Å². The molecule has 2 aliphatic rings. The summed E-state index contributed by atoms with van der Waals surface area (Å²) in [5.41, 5.74) is 1.04. The predicted molar refractivity (Wildman–Crippen MR) is 108 cm³/mol. The van der Waals surface area contributed by atoms with Gasteiger partial charge in [0.1, 0.15) is 5.82 Å². The fraction of sp³-hybridized carbons (Fsp3) is 0.700. The zero-order valence-electron chi connectivity index (χ0n) is 16.8. The highest BCUT2D eigenvalue weighted by atomic mass is 16.5. The van der Waals surface area contributed by atoms with Crippen molar-refractivity contribution in [3.8, 4) is 0 Å². The number of ether oxygens (including phenoxy) is 2. The zero-order valence-corrected chi connectivity index (χ0v) is 16.8. The molecule has 0 aromatic carbocycles. The van der Waals surface area contributed by atoms with E-state index in [1.54, 1.807) is 7.11 Å². The van der Waals surface area contributed by atoms with Crippen LogP contribution in [0.1, 0.15) is 31.2 Å². The number of nitrogens with one attached hydrogen (secondary N) is 2. The summed E-state index contributed by atoms with van der Waals surface area (Å²) in [4.78, 5) is 11.3. The fourth-order valence-electron chi connectivity index (χ4n) is 3.73. The van der Waals surface area contributed by atoms with Crippen LogP contribution in [0.3, 0.4) is 0 Å². The number of aliphatic imine (C=N–C) groups is 1. The van der Waals surface area contributed by atoms with Crippen LogP contribution in [0.4, 0.5) is 5.82 Å². The van der Waals surface area contributed by atoms with Crippen molar-refractivity contribution >= 4 is 11.8 Å². The molecule has 3 rings (SSSR count). The van der Waals surface area contributed by atoms with E-state index in [1.807, 2.05) is 13.2 Å². The molecule has 0 saturated carbocycles. The van der Waals surface area contributed by atoms with E-state index in [9.17, 15) is 0 Å². The number of hydrogen-bond donors (Lipinski definition) is 2. The Labute approximate surface area is 162 Å². The third-order valence-corrected chi connectivity index (χ3v) is 5.69. The number of aromatic nitrogens is 1. The Morgan fingerprint density at radius 3 is 2.67 bits per heavy atom. The third-order valence-electron chi connectivity index (χ3n) is 5.69. The molecule has 2 fully saturated rings. The summed E-state index contributed by atoms with van der Waals surface area (Å²) < 4.78 is 11.3. The highest BCUT2D eigenvalue weighted by Gasteiger charge is 2.32. The summed E-state index contributed by atoms with van der Waals surface area (Å²) in [6.45, 7) is 6.34. The molecular formula is C20H33N5O2. The lowest BCUT2D eigenvalue weighted by Gasteiger charge is -2.37. The van der Waals surface area contributed by atoms with E-state index in [0.29, 0.717) is 6.04 Å². The first-order valence-corrected chi connectivity index (χ1v) is 9.92. The quantitative estimate of drug-likeness (QED) is 0.603. The largest absolute Gasteiger partial charge is 0.381 e. The summed E-state index contributed by atoms with van der Waals surface area (Å²) in [6.07, 6.45) is 5.90. The summed E-state index contributed by atoms with van der Waals surface area (Å²) in [7, 11) is 3.61. The molecule has 0 aliphatic carbocycles. The summed E-state index contributed by atoms with van der Waals surface area (Å²) in [5, 5.41) is 7.03. The molecule has 3 heterocycles. The second-order valence-corrected chi connectivity index (χ2v) is 7.52. The van der Waals surface area contributed by atoms with Crippen molar-refractivity contribution in [2.75, 3.05) is 51.9 Å². The van der Waals surface area contributed by atoms with Gasteiger partial charge in [0.2, 0.25) is 0 Å². The number of hydrogen-bond acceptors (Lipinski definition) is 5. The Hall–Kier alpha value is -1.86. The molecule has 2 saturated heterocycles. The Kier molecular flexibility index (Phi) is 6.90. The van der Waals surface area contributed by atoms with Gasteiger partial charge in [0.05, 0.1) is 5.60 Å². The predicted octanol–water partition coefficient (Wildman–Crippen LogP) is 1.72. The van der Waals surface area contributed by atoms with Crippen LogP contribution >= 0.6 is 0 Å². The van der Waals surface area contributed by atoms with E-state index in [1.165, 1.54) is 5.56 Å². The Bertz CT molecular complexity index is 605. The van der Waals surface area contributed by atoms with E-state index < -0.39 is 0 Å². The monoisotopic (exact) mass is 375 g/mol. The highest BCUT2D eigenvalue weighted by Crippen LogP contribution is 2.23. The number of piperidine rings is 1. The van der Waals surface area contributed by atoms with E-state index in [-0.39, 0.29) is 5.60 Å². The maximum Gasteiger partial charge on any atom is 0.191 e. The van der Waals surface area contributed by atoms with Crippen molar-refractivity contribution in [1.82, 2.24) is 15.6 Å². The molecular weight excluding hydrogens is 342 g/mol. The Balaban J connectivity index is 1.46. The van der Waals surface area contributed by atoms with Crippen LogP contribution in [-0.2, 0) is 9.47 Å². The molecule has 2 N–H and O–H groups in total. The number of anilines is 1. The summed E-state index contributed by atoms with van der Waals surface area (Å²) >= 11 is 0. The van der Waals surface area contributed by atoms with Crippen molar-refractivity contribution in [2.45, 2.75) is 44.2 Å². The molecule has 0 amide bonds. The average Bonchev–Trinajstić information content (AvgIpc) is 2.73. The maximum atomic E-state index is 5.80. The Morgan fingerprint density at radius 2 is 2.07 bits per heavy atom. The Morgan fingerprint density at radius 1 is 1.33 bits per heavy atom. The van der Waals surface area contributed by atoms with Crippen LogP contribution in [0, 0.1) is 6.92 Å². The van der Waals surface area contributed by atoms with Crippen LogP contribution in [0.2, 0.25) is 0 Å². The van der Waals surface area contributed by atoms with Crippen LogP contribution < -0.4 is 15.5 Å². The zero-order chi connectivity index (χ0) is 19.1. The normalized spacial score (nSPS) is 21.1. The van der Waals surface area contributed by atoms with Gasteiger partial charge in [0, 0.05) is 72.1 Å². The second kappa shape index (κ2) is 9.37. The van der Waals surface area contributed by atoms with Gasteiger partial charge in [0.15, 0.2) is 5.96 Å². The van der Waals surface area contributed by atoms with Crippen molar-refractivity contribution in [2.24, 2.45) is 4.99 Å². The minimum atomic E-state index is -0.156. The molecule has 0 spiro atoms. The number of rotatable bonds is 5. The number of pyridine rings is 1. The van der Waals surface area contributed by atoms with Crippen LogP contribution in [0.15, 0.2) is 23.3 Å². The lowest BCUT2D eigenvalue weighted by molar-refractivity contribution is -0.0855. The van der Waals surface area contributed by atoms with Gasteiger partial charge in [0.25, 0.3) is 0 Å². The summed E-state index contributed by atoms with van der Waals surface area (Å²) in [5.74, 6) is 1.92.